The highest BCUT2D eigenvalue weighted by atomic mass is 79.9. The SMILES string of the molecule is O=[N+]([O-])c1ccccc1/C=N\Nc1nc(-c2ccc(Br)cc2)cs1. The van der Waals surface area contributed by atoms with Gasteiger partial charge in [0.05, 0.1) is 22.4 Å². The quantitative estimate of drug-likeness (QED) is 0.372. The first-order valence-corrected chi connectivity index (χ1v) is 8.55. The zero-order chi connectivity index (χ0) is 16.9. The van der Waals surface area contributed by atoms with E-state index in [-0.39, 0.29) is 5.69 Å². The third kappa shape index (κ3) is 3.84. The van der Waals surface area contributed by atoms with Gasteiger partial charge in [-0.25, -0.2) is 4.98 Å². The lowest BCUT2D eigenvalue weighted by Crippen LogP contribution is -1.96. The first-order valence-electron chi connectivity index (χ1n) is 6.87. The smallest absolute Gasteiger partial charge is 0.258 e. The van der Waals surface area contributed by atoms with Gasteiger partial charge in [0.1, 0.15) is 0 Å². The van der Waals surface area contributed by atoms with Crippen molar-refractivity contribution in [3.63, 3.8) is 0 Å². The van der Waals surface area contributed by atoms with Crippen LogP contribution in [0.2, 0.25) is 0 Å². The van der Waals surface area contributed by atoms with E-state index in [1.807, 2.05) is 29.6 Å². The van der Waals surface area contributed by atoms with Crippen molar-refractivity contribution in [1.82, 2.24) is 4.98 Å². The Morgan fingerprint density at radius 2 is 1.96 bits per heavy atom. The number of hydrazone groups is 1. The lowest BCUT2D eigenvalue weighted by atomic mass is 10.2. The predicted molar refractivity (Wildman–Crippen MR) is 99.6 cm³/mol. The third-order valence-corrected chi connectivity index (χ3v) is 4.42. The molecule has 0 bridgehead atoms. The fourth-order valence-electron chi connectivity index (χ4n) is 2.00. The van der Waals surface area contributed by atoms with Crippen LogP contribution in [0.1, 0.15) is 5.56 Å². The first kappa shape index (κ1) is 16.3. The molecular formula is C16H11BrN4O2S. The van der Waals surface area contributed by atoms with Gasteiger partial charge < -0.3 is 0 Å². The molecule has 0 atom stereocenters. The van der Waals surface area contributed by atoms with E-state index in [0.29, 0.717) is 10.7 Å². The van der Waals surface area contributed by atoms with Gasteiger partial charge in [0.15, 0.2) is 0 Å². The van der Waals surface area contributed by atoms with Gasteiger partial charge in [0, 0.05) is 21.5 Å². The summed E-state index contributed by atoms with van der Waals surface area (Å²) in [5.74, 6) is 0. The van der Waals surface area contributed by atoms with E-state index in [2.05, 4.69) is 31.4 Å². The molecule has 0 aliphatic heterocycles. The van der Waals surface area contributed by atoms with Gasteiger partial charge in [0.2, 0.25) is 5.13 Å². The molecule has 0 radical (unpaired) electrons. The van der Waals surface area contributed by atoms with Crippen LogP contribution in [0.25, 0.3) is 11.3 Å². The van der Waals surface area contributed by atoms with Crippen LogP contribution in [-0.2, 0) is 0 Å². The fraction of sp³-hybridized carbons (Fsp3) is 0. The van der Waals surface area contributed by atoms with Crippen LogP contribution in [0.15, 0.2) is 63.5 Å². The zero-order valence-corrected chi connectivity index (χ0v) is 14.6. The fourth-order valence-corrected chi connectivity index (χ4v) is 2.93. The van der Waals surface area contributed by atoms with Crippen LogP contribution in [-0.4, -0.2) is 16.1 Å². The second-order valence-corrected chi connectivity index (χ2v) is 6.50. The van der Waals surface area contributed by atoms with Gasteiger partial charge in [-0.2, -0.15) is 5.10 Å². The van der Waals surface area contributed by atoms with E-state index in [9.17, 15) is 10.1 Å². The van der Waals surface area contributed by atoms with Crippen molar-refractivity contribution in [3.8, 4) is 11.3 Å². The van der Waals surface area contributed by atoms with Gasteiger partial charge in [-0.05, 0) is 18.2 Å². The summed E-state index contributed by atoms with van der Waals surface area (Å²) in [6.07, 6.45) is 1.42. The molecule has 0 aliphatic rings. The van der Waals surface area contributed by atoms with Crippen molar-refractivity contribution in [2.45, 2.75) is 0 Å². The maximum atomic E-state index is 10.9. The molecule has 24 heavy (non-hydrogen) atoms. The maximum Gasteiger partial charge on any atom is 0.278 e. The van der Waals surface area contributed by atoms with Gasteiger partial charge >= 0.3 is 0 Å². The number of thiazole rings is 1. The highest BCUT2D eigenvalue weighted by Crippen LogP contribution is 2.26. The molecule has 2 aromatic carbocycles. The molecule has 0 aliphatic carbocycles. The lowest BCUT2D eigenvalue weighted by Gasteiger charge is -1.97. The molecule has 1 N–H and O–H groups in total. The average molecular weight is 403 g/mol. The summed E-state index contributed by atoms with van der Waals surface area (Å²) in [6, 6.07) is 14.3. The number of nitro benzene ring substituents is 1. The lowest BCUT2D eigenvalue weighted by molar-refractivity contribution is -0.385. The van der Waals surface area contributed by atoms with E-state index >= 15 is 0 Å². The summed E-state index contributed by atoms with van der Waals surface area (Å²) in [6.45, 7) is 0. The maximum absolute atomic E-state index is 10.9. The van der Waals surface area contributed by atoms with Gasteiger partial charge in [-0.1, -0.05) is 40.2 Å². The van der Waals surface area contributed by atoms with Crippen molar-refractivity contribution in [1.29, 1.82) is 0 Å². The third-order valence-electron chi connectivity index (χ3n) is 3.14. The Morgan fingerprint density at radius 1 is 1.21 bits per heavy atom. The predicted octanol–water partition coefficient (Wildman–Crippen LogP) is 4.93. The van der Waals surface area contributed by atoms with Crippen LogP contribution in [0.3, 0.4) is 0 Å². The largest absolute Gasteiger partial charge is 0.278 e. The number of nitro groups is 1. The highest BCUT2D eigenvalue weighted by molar-refractivity contribution is 9.10. The monoisotopic (exact) mass is 402 g/mol. The van der Waals surface area contributed by atoms with Crippen molar-refractivity contribution in [3.05, 3.63) is 74.1 Å². The average Bonchev–Trinajstić information content (AvgIpc) is 3.05. The van der Waals surface area contributed by atoms with Gasteiger partial charge in [0.25, 0.3) is 5.69 Å². The zero-order valence-electron chi connectivity index (χ0n) is 12.2. The van der Waals surface area contributed by atoms with E-state index in [0.717, 1.165) is 15.7 Å². The minimum Gasteiger partial charge on any atom is -0.258 e. The van der Waals surface area contributed by atoms with E-state index in [1.54, 1.807) is 18.2 Å². The molecule has 0 unspecified atom stereocenters. The highest BCUT2D eigenvalue weighted by Gasteiger charge is 2.10. The number of hydrogen-bond acceptors (Lipinski definition) is 6. The summed E-state index contributed by atoms with van der Waals surface area (Å²) in [7, 11) is 0. The summed E-state index contributed by atoms with van der Waals surface area (Å²) in [5.41, 5.74) is 5.10. The van der Waals surface area contributed by atoms with Crippen LogP contribution in [0, 0.1) is 10.1 Å². The summed E-state index contributed by atoms with van der Waals surface area (Å²) in [4.78, 5) is 15.0. The Bertz CT molecular complexity index is 893. The number of anilines is 1. The summed E-state index contributed by atoms with van der Waals surface area (Å²) >= 11 is 4.81. The molecule has 1 heterocycles. The second kappa shape index (κ2) is 7.33. The summed E-state index contributed by atoms with van der Waals surface area (Å²) in [5, 5.41) is 17.5. The number of nitrogens with one attached hydrogen (secondary N) is 1. The van der Waals surface area contributed by atoms with Gasteiger partial charge in [-0.3, -0.25) is 15.5 Å². The van der Waals surface area contributed by atoms with Crippen molar-refractivity contribution in [2.24, 2.45) is 5.10 Å². The van der Waals surface area contributed by atoms with Crippen molar-refractivity contribution >= 4 is 44.3 Å². The normalized spacial score (nSPS) is 10.9. The molecule has 8 heteroatoms. The minimum absolute atomic E-state index is 0.0118. The molecule has 120 valence electrons. The van der Waals surface area contributed by atoms with E-state index in [1.165, 1.54) is 23.6 Å². The van der Waals surface area contributed by atoms with Gasteiger partial charge in [-0.15, -0.1) is 11.3 Å². The Balaban J connectivity index is 1.72. The number of hydrogen-bond donors (Lipinski definition) is 1. The van der Waals surface area contributed by atoms with Crippen LogP contribution < -0.4 is 5.43 Å². The number of aromatic nitrogens is 1. The minimum atomic E-state index is -0.434. The molecule has 0 spiro atoms. The molecule has 0 fully saturated rings. The topological polar surface area (TPSA) is 80.4 Å². The standard InChI is InChI=1S/C16H11BrN4O2S/c17-13-7-5-11(6-8-13)14-10-24-16(19-14)20-18-9-12-3-1-2-4-15(12)21(22)23/h1-10H,(H,19,20)/b18-9-. The Morgan fingerprint density at radius 3 is 2.71 bits per heavy atom. The molecule has 0 amide bonds. The van der Waals surface area contributed by atoms with Crippen molar-refractivity contribution < 1.29 is 4.92 Å². The number of halogens is 1. The molecule has 3 aromatic rings. The number of para-hydroxylation sites is 1. The number of rotatable bonds is 5. The molecule has 6 nitrogen and oxygen atoms in total. The Kier molecular flexibility index (Phi) is 4.97. The number of benzene rings is 2. The molecule has 0 saturated heterocycles. The van der Waals surface area contributed by atoms with Crippen LogP contribution >= 0.6 is 27.3 Å². The molecule has 3 rings (SSSR count). The van der Waals surface area contributed by atoms with Crippen molar-refractivity contribution in [2.75, 3.05) is 5.43 Å². The number of nitrogens with zero attached hydrogens (tertiary/aromatic N) is 3. The molecule has 1 aromatic heterocycles. The molecule has 0 saturated carbocycles. The van der Waals surface area contributed by atoms with Crippen LogP contribution in [0.5, 0.6) is 0 Å². The molecular weight excluding hydrogens is 392 g/mol. The second-order valence-electron chi connectivity index (χ2n) is 4.73. The Labute approximate surface area is 150 Å². The van der Waals surface area contributed by atoms with E-state index < -0.39 is 4.92 Å². The van der Waals surface area contributed by atoms with E-state index in [4.69, 9.17) is 0 Å². The Hall–Kier alpha value is -2.58. The summed E-state index contributed by atoms with van der Waals surface area (Å²) < 4.78 is 1.01. The van der Waals surface area contributed by atoms with Crippen LogP contribution in [0.4, 0.5) is 10.8 Å². The first-order chi connectivity index (χ1) is 11.6.